The highest BCUT2D eigenvalue weighted by atomic mass is 79.9. The van der Waals surface area contributed by atoms with Gasteiger partial charge < -0.3 is 0 Å². The zero-order valence-electron chi connectivity index (χ0n) is 14.1. The van der Waals surface area contributed by atoms with Crippen LogP contribution in [-0.2, 0) is 0 Å². The maximum Gasteiger partial charge on any atom is 0.271 e. The van der Waals surface area contributed by atoms with Crippen molar-refractivity contribution < 1.29 is 4.79 Å². The number of nitrogens with one attached hydrogen (secondary N) is 1. The third-order valence-corrected chi connectivity index (χ3v) is 5.11. The summed E-state index contributed by atoms with van der Waals surface area (Å²) < 4.78 is 0.857. The molecule has 0 aromatic heterocycles. The van der Waals surface area contributed by atoms with Crippen LogP contribution in [0.5, 0.6) is 0 Å². The molecule has 0 aliphatic heterocycles. The van der Waals surface area contributed by atoms with Gasteiger partial charge in [-0.2, -0.15) is 5.10 Å². The van der Waals surface area contributed by atoms with E-state index in [0.717, 1.165) is 14.9 Å². The van der Waals surface area contributed by atoms with Gasteiger partial charge in [-0.25, -0.2) is 5.43 Å². The third-order valence-electron chi connectivity index (χ3n) is 3.60. The molecule has 5 heteroatoms. The maximum atomic E-state index is 12.0. The van der Waals surface area contributed by atoms with Gasteiger partial charge in [-0.1, -0.05) is 63.6 Å². The van der Waals surface area contributed by atoms with Crippen LogP contribution in [0, 0.1) is 6.92 Å². The van der Waals surface area contributed by atoms with Crippen molar-refractivity contribution in [2.45, 2.75) is 16.7 Å². The molecule has 0 saturated heterocycles. The van der Waals surface area contributed by atoms with Gasteiger partial charge in [-0.15, -0.1) is 0 Å². The molecule has 3 nitrogen and oxygen atoms in total. The number of hydrogen-bond donors (Lipinski definition) is 1. The van der Waals surface area contributed by atoms with Gasteiger partial charge in [0, 0.05) is 19.8 Å². The van der Waals surface area contributed by atoms with Crippen LogP contribution >= 0.6 is 27.7 Å². The number of aryl methyl sites for hydroxylation is 1. The first kappa shape index (κ1) is 18.4. The minimum Gasteiger partial charge on any atom is -0.267 e. The van der Waals surface area contributed by atoms with Crippen molar-refractivity contribution in [3.05, 3.63) is 94.0 Å². The number of benzene rings is 3. The second-order valence-corrected chi connectivity index (χ2v) is 7.76. The summed E-state index contributed by atoms with van der Waals surface area (Å²) in [6, 6.07) is 23.7. The number of hydrogen-bond acceptors (Lipinski definition) is 3. The van der Waals surface area contributed by atoms with Crippen molar-refractivity contribution >= 4 is 39.8 Å². The molecule has 0 spiro atoms. The molecule has 0 bridgehead atoms. The van der Waals surface area contributed by atoms with Gasteiger partial charge in [-0.3, -0.25) is 4.79 Å². The van der Waals surface area contributed by atoms with Crippen LogP contribution in [0.1, 0.15) is 21.5 Å². The zero-order chi connectivity index (χ0) is 18.4. The second-order valence-electron chi connectivity index (χ2n) is 5.69. The summed E-state index contributed by atoms with van der Waals surface area (Å²) in [6.07, 6.45) is 1.64. The Labute approximate surface area is 165 Å². The monoisotopic (exact) mass is 424 g/mol. The molecule has 0 aliphatic carbocycles. The van der Waals surface area contributed by atoms with Gasteiger partial charge in [0.05, 0.1) is 6.21 Å². The predicted molar refractivity (Wildman–Crippen MR) is 111 cm³/mol. The largest absolute Gasteiger partial charge is 0.271 e. The number of hydrazone groups is 1. The normalized spacial score (nSPS) is 10.8. The number of amides is 1. The van der Waals surface area contributed by atoms with Crippen LogP contribution in [0.15, 0.2) is 92.2 Å². The van der Waals surface area contributed by atoms with Crippen molar-refractivity contribution in [1.82, 2.24) is 5.43 Å². The molecule has 0 saturated carbocycles. The molecule has 0 fully saturated rings. The molecular weight excluding hydrogens is 408 g/mol. The van der Waals surface area contributed by atoms with Crippen molar-refractivity contribution in [3.63, 3.8) is 0 Å². The van der Waals surface area contributed by atoms with E-state index in [0.29, 0.717) is 5.56 Å². The summed E-state index contributed by atoms with van der Waals surface area (Å²) in [6.45, 7) is 2.08. The van der Waals surface area contributed by atoms with Crippen LogP contribution in [0.25, 0.3) is 0 Å². The molecule has 0 aliphatic rings. The summed E-state index contributed by atoms with van der Waals surface area (Å²) in [5.41, 5.74) is 5.27. The van der Waals surface area contributed by atoms with Gasteiger partial charge in [0.25, 0.3) is 5.91 Å². The Morgan fingerprint density at radius 2 is 1.65 bits per heavy atom. The summed E-state index contributed by atoms with van der Waals surface area (Å²) in [4.78, 5) is 14.4. The zero-order valence-corrected chi connectivity index (χ0v) is 16.5. The topological polar surface area (TPSA) is 41.5 Å². The van der Waals surface area contributed by atoms with E-state index < -0.39 is 0 Å². The van der Waals surface area contributed by atoms with Crippen LogP contribution in [-0.4, -0.2) is 12.1 Å². The fourth-order valence-corrected chi connectivity index (χ4v) is 3.44. The standard InChI is InChI=1S/C21H17BrN2OS/c1-15-5-9-19(10-6-15)26-20-11-7-16(8-12-20)14-23-24-21(25)17-3-2-4-18(22)13-17/h2-14H,1H3,(H,24,25)/b23-14-. The third kappa shape index (κ3) is 5.31. The molecule has 26 heavy (non-hydrogen) atoms. The van der Waals surface area contributed by atoms with Crippen LogP contribution < -0.4 is 5.43 Å². The van der Waals surface area contributed by atoms with Gasteiger partial charge >= 0.3 is 0 Å². The highest BCUT2D eigenvalue weighted by Gasteiger charge is 2.03. The van der Waals surface area contributed by atoms with Crippen LogP contribution in [0.3, 0.4) is 0 Å². The Morgan fingerprint density at radius 3 is 2.31 bits per heavy atom. The van der Waals surface area contributed by atoms with E-state index >= 15 is 0 Å². The highest BCUT2D eigenvalue weighted by molar-refractivity contribution is 9.10. The van der Waals surface area contributed by atoms with E-state index in [4.69, 9.17) is 0 Å². The second kappa shape index (κ2) is 8.83. The molecular formula is C21H17BrN2OS. The van der Waals surface area contributed by atoms with Gasteiger partial charge in [0.15, 0.2) is 0 Å². The summed E-state index contributed by atoms with van der Waals surface area (Å²) in [7, 11) is 0. The number of halogens is 1. The Bertz CT molecular complexity index is 922. The SMILES string of the molecule is Cc1ccc(Sc2ccc(/C=N\NC(=O)c3cccc(Br)c3)cc2)cc1. The van der Waals surface area contributed by atoms with E-state index in [-0.39, 0.29) is 5.91 Å². The molecule has 3 aromatic carbocycles. The Kier molecular flexibility index (Phi) is 6.26. The fraction of sp³-hybridized carbons (Fsp3) is 0.0476. The van der Waals surface area contributed by atoms with Crippen molar-refractivity contribution in [2.75, 3.05) is 0 Å². The van der Waals surface area contributed by atoms with Crippen LogP contribution in [0.4, 0.5) is 0 Å². The van der Waals surface area contributed by atoms with Gasteiger partial charge in [-0.05, 0) is 55.0 Å². The molecule has 0 heterocycles. The first-order valence-electron chi connectivity index (χ1n) is 8.04. The van der Waals surface area contributed by atoms with Gasteiger partial charge in [0.2, 0.25) is 0 Å². The molecule has 3 aromatic rings. The van der Waals surface area contributed by atoms with E-state index in [2.05, 4.69) is 57.6 Å². The molecule has 0 atom stereocenters. The Morgan fingerprint density at radius 1 is 1.00 bits per heavy atom. The van der Waals surface area contributed by atoms with Crippen LogP contribution in [0.2, 0.25) is 0 Å². The quantitative estimate of drug-likeness (QED) is 0.423. The summed E-state index contributed by atoms with van der Waals surface area (Å²) in [5, 5.41) is 4.02. The van der Waals surface area contributed by atoms with E-state index in [1.807, 2.05) is 36.4 Å². The minimum atomic E-state index is -0.242. The molecule has 0 radical (unpaired) electrons. The van der Waals surface area contributed by atoms with E-state index in [1.54, 1.807) is 30.1 Å². The first-order chi connectivity index (χ1) is 12.6. The molecule has 130 valence electrons. The van der Waals surface area contributed by atoms with E-state index in [1.165, 1.54) is 10.5 Å². The van der Waals surface area contributed by atoms with Crippen molar-refractivity contribution in [1.29, 1.82) is 0 Å². The molecule has 1 N–H and O–H groups in total. The smallest absolute Gasteiger partial charge is 0.267 e. The Balaban J connectivity index is 1.57. The summed E-state index contributed by atoms with van der Waals surface area (Å²) in [5.74, 6) is -0.242. The predicted octanol–water partition coefficient (Wildman–Crippen LogP) is 5.67. The van der Waals surface area contributed by atoms with Gasteiger partial charge in [0.1, 0.15) is 0 Å². The van der Waals surface area contributed by atoms with Crippen molar-refractivity contribution in [3.8, 4) is 0 Å². The average molecular weight is 425 g/mol. The lowest BCUT2D eigenvalue weighted by Crippen LogP contribution is -2.17. The number of carbonyl (C=O) groups excluding carboxylic acids is 1. The van der Waals surface area contributed by atoms with E-state index in [9.17, 15) is 4.79 Å². The molecule has 3 rings (SSSR count). The molecule has 1 amide bonds. The lowest BCUT2D eigenvalue weighted by molar-refractivity contribution is 0.0955. The lowest BCUT2D eigenvalue weighted by Gasteiger charge is -2.03. The lowest BCUT2D eigenvalue weighted by atomic mass is 10.2. The number of carbonyl (C=O) groups is 1. The average Bonchev–Trinajstić information content (AvgIpc) is 2.65. The highest BCUT2D eigenvalue weighted by Crippen LogP contribution is 2.27. The van der Waals surface area contributed by atoms with Crippen molar-refractivity contribution in [2.24, 2.45) is 5.10 Å². The molecule has 0 unspecified atom stereocenters. The maximum absolute atomic E-state index is 12.0. The number of nitrogens with zero attached hydrogens (tertiary/aromatic N) is 1. The number of rotatable bonds is 5. The summed E-state index contributed by atoms with van der Waals surface area (Å²) >= 11 is 5.06. The Hall–Kier alpha value is -2.37. The fourth-order valence-electron chi connectivity index (χ4n) is 2.22. The minimum absolute atomic E-state index is 0.242. The first-order valence-corrected chi connectivity index (χ1v) is 9.65.